The first-order valence-corrected chi connectivity index (χ1v) is 4.15. The summed E-state index contributed by atoms with van der Waals surface area (Å²) in [4.78, 5) is 20.1. The smallest absolute Gasteiger partial charge is 0.332 e. The Morgan fingerprint density at radius 3 is 2.33 bits per heavy atom. The molecule has 0 aliphatic rings. The molecule has 6 nitrogen and oxygen atoms in total. The van der Waals surface area contributed by atoms with E-state index in [1.165, 1.54) is 24.3 Å². The van der Waals surface area contributed by atoms with Crippen LogP contribution in [0.15, 0.2) is 24.3 Å². The fraction of sp³-hybridized carbons (Fsp3) is 0.222. The molecule has 0 amide bonds. The van der Waals surface area contributed by atoms with Crippen molar-refractivity contribution in [1.29, 1.82) is 0 Å². The molecular formula is C9H9NO5. The molecule has 0 unspecified atom stereocenters. The summed E-state index contributed by atoms with van der Waals surface area (Å²) >= 11 is 0. The van der Waals surface area contributed by atoms with Crippen molar-refractivity contribution in [3.8, 4) is 0 Å². The molecule has 0 aliphatic carbocycles. The topological polar surface area (TPSA) is 101 Å². The van der Waals surface area contributed by atoms with Crippen LogP contribution >= 0.6 is 0 Å². The number of carboxylic acids is 1. The zero-order chi connectivity index (χ0) is 11.4. The number of nitro benzene ring substituents is 1. The maximum absolute atomic E-state index is 10.3. The van der Waals surface area contributed by atoms with Crippen molar-refractivity contribution in [1.82, 2.24) is 0 Å². The second-order valence-electron chi connectivity index (χ2n) is 2.98. The number of aliphatic hydroxyl groups is 1. The van der Waals surface area contributed by atoms with Crippen LogP contribution in [0, 0.1) is 10.1 Å². The van der Waals surface area contributed by atoms with Crippen molar-refractivity contribution in [2.45, 2.75) is 12.5 Å². The van der Waals surface area contributed by atoms with Crippen LogP contribution in [0.2, 0.25) is 0 Å². The van der Waals surface area contributed by atoms with Gasteiger partial charge in [-0.2, -0.15) is 0 Å². The highest BCUT2D eigenvalue weighted by Gasteiger charge is 2.14. The van der Waals surface area contributed by atoms with Gasteiger partial charge in [-0.15, -0.1) is 0 Å². The van der Waals surface area contributed by atoms with Gasteiger partial charge in [0, 0.05) is 18.6 Å². The molecule has 0 aliphatic heterocycles. The van der Waals surface area contributed by atoms with Crippen molar-refractivity contribution < 1.29 is 19.9 Å². The Balaban J connectivity index is 2.72. The Labute approximate surface area is 84.9 Å². The number of benzene rings is 1. The molecular weight excluding hydrogens is 202 g/mol. The summed E-state index contributed by atoms with van der Waals surface area (Å²) in [6.45, 7) is 0. The summed E-state index contributed by atoms with van der Waals surface area (Å²) in [6.07, 6.45) is -1.54. The number of nitro groups is 1. The SMILES string of the molecule is O=C(O)[C@H](O)Cc1ccc([N+](=O)[O-])cc1. The van der Waals surface area contributed by atoms with E-state index < -0.39 is 17.0 Å². The highest BCUT2D eigenvalue weighted by molar-refractivity contribution is 5.72. The lowest BCUT2D eigenvalue weighted by Gasteiger charge is -2.04. The van der Waals surface area contributed by atoms with Crippen molar-refractivity contribution in [3.05, 3.63) is 39.9 Å². The molecule has 80 valence electrons. The van der Waals surface area contributed by atoms with Crippen LogP contribution in [-0.4, -0.2) is 27.2 Å². The largest absolute Gasteiger partial charge is 0.479 e. The Morgan fingerprint density at radius 2 is 1.93 bits per heavy atom. The first kappa shape index (κ1) is 11.1. The standard InChI is InChI=1S/C9H9NO5/c11-8(9(12)13)5-6-1-3-7(4-2-6)10(14)15/h1-4,8,11H,5H2,(H,12,13)/t8-/m1/s1. The van der Waals surface area contributed by atoms with Crippen LogP contribution in [0.3, 0.4) is 0 Å². The average Bonchev–Trinajstić information content (AvgIpc) is 2.18. The minimum absolute atomic E-state index is 0.0622. The van der Waals surface area contributed by atoms with E-state index in [1.54, 1.807) is 0 Å². The Morgan fingerprint density at radius 1 is 1.40 bits per heavy atom. The molecule has 0 radical (unpaired) electrons. The molecule has 0 saturated carbocycles. The zero-order valence-electron chi connectivity index (χ0n) is 7.66. The summed E-state index contributed by atoms with van der Waals surface area (Å²) in [5.74, 6) is -1.31. The molecule has 1 rings (SSSR count). The van der Waals surface area contributed by atoms with Crippen LogP contribution < -0.4 is 0 Å². The second kappa shape index (κ2) is 4.52. The van der Waals surface area contributed by atoms with Gasteiger partial charge in [-0.25, -0.2) is 4.79 Å². The maximum atomic E-state index is 10.3. The number of hydrogen-bond acceptors (Lipinski definition) is 4. The minimum atomic E-state index is -1.48. The van der Waals surface area contributed by atoms with Gasteiger partial charge in [-0.05, 0) is 5.56 Å². The van der Waals surface area contributed by atoms with Gasteiger partial charge in [0.1, 0.15) is 0 Å². The van der Waals surface area contributed by atoms with Crippen LogP contribution in [0.4, 0.5) is 5.69 Å². The summed E-state index contributed by atoms with van der Waals surface area (Å²) in [7, 11) is 0. The molecule has 1 aromatic carbocycles. The molecule has 1 aromatic rings. The van der Waals surface area contributed by atoms with Crippen molar-refractivity contribution >= 4 is 11.7 Å². The number of aliphatic hydroxyl groups excluding tert-OH is 1. The lowest BCUT2D eigenvalue weighted by molar-refractivity contribution is -0.384. The first-order valence-electron chi connectivity index (χ1n) is 4.15. The van der Waals surface area contributed by atoms with Crippen molar-refractivity contribution in [2.75, 3.05) is 0 Å². The normalized spacial score (nSPS) is 12.1. The van der Waals surface area contributed by atoms with E-state index in [0.717, 1.165) is 0 Å². The van der Waals surface area contributed by atoms with Gasteiger partial charge in [-0.1, -0.05) is 12.1 Å². The number of carboxylic acid groups (broad SMARTS) is 1. The number of non-ortho nitro benzene ring substituents is 1. The molecule has 0 bridgehead atoms. The summed E-state index contributed by atoms with van der Waals surface area (Å²) in [5, 5.41) is 27.8. The average molecular weight is 211 g/mol. The maximum Gasteiger partial charge on any atom is 0.332 e. The Kier molecular flexibility index (Phi) is 3.35. The van der Waals surface area contributed by atoms with Gasteiger partial charge in [0.2, 0.25) is 0 Å². The second-order valence-corrected chi connectivity index (χ2v) is 2.98. The summed E-state index contributed by atoms with van der Waals surface area (Å²) < 4.78 is 0. The third-order valence-corrected chi connectivity index (χ3v) is 1.86. The van der Waals surface area contributed by atoms with Crippen molar-refractivity contribution in [3.63, 3.8) is 0 Å². The van der Waals surface area contributed by atoms with E-state index in [9.17, 15) is 14.9 Å². The van der Waals surface area contributed by atoms with Crippen LogP contribution in [0.1, 0.15) is 5.56 Å². The molecule has 15 heavy (non-hydrogen) atoms. The molecule has 2 N–H and O–H groups in total. The predicted octanol–water partition coefficient (Wildman–Crippen LogP) is 0.583. The number of hydrogen-bond donors (Lipinski definition) is 2. The van der Waals surface area contributed by atoms with E-state index >= 15 is 0 Å². The lowest BCUT2D eigenvalue weighted by Crippen LogP contribution is -2.21. The monoisotopic (exact) mass is 211 g/mol. The van der Waals surface area contributed by atoms with Gasteiger partial charge in [0.15, 0.2) is 6.10 Å². The molecule has 1 atom stereocenters. The lowest BCUT2D eigenvalue weighted by atomic mass is 10.1. The highest BCUT2D eigenvalue weighted by atomic mass is 16.6. The fourth-order valence-electron chi connectivity index (χ4n) is 1.06. The van der Waals surface area contributed by atoms with Crippen LogP contribution in [0.5, 0.6) is 0 Å². The van der Waals surface area contributed by atoms with Gasteiger partial charge < -0.3 is 10.2 Å². The third kappa shape index (κ3) is 3.03. The van der Waals surface area contributed by atoms with E-state index in [1.807, 2.05) is 0 Å². The van der Waals surface area contributed by atoms with E-state index in [-0.39, 0.29) is 12.1 Å². The van der Waals surface area contributed by atoms with Gasteiger partial charge in [0.05, 0.1) is 4.92 Å². The summed E-state index contributed by atoms with van der Waals surface area (Å²) in [6, 6.07) is 5.38. The van der Waals surface area contributed by atoms with Gasteiger partial charge in [-0.3, -0.25) is 10.1 Å². The third-order valence-electron chi connectivity index (χ3n) is 1.86. The molecule has 0 aromatic heterocycles. The van der Waals surface area contributed by atoms with E-state index in [4.69, 9.17) is 10.2 Å². The highest BCUT2D eigenvalue weighted by Crippen LogP contribution is 2.13. The number of aliphatic carboxylic acids is 1. The molecule has 0 fully saturated rings. The quantitative estimate of drug-likeness (QED) is 0.560. The summed E-state index contributed by atoms with van der Waals surface area (Å²) in [5.41, 5.74) is 0.471. The van der Waals surface area contributed by atoms with Crippen molar-refractivity contribution in [2.24, 2.45) is 0 Å². The van der Waals surface area contributed by atoms with E-state index in [2.05, 4.69) is 0 Å². The van der Waals surface area contributed by atoms with Gasteiger partial charge >= 0.3 is 5.97 Å². The number of carbonyl (C=O) groups is 1. The van der Waals surface area contributed by atoms with Crippen LogP contribution in [0.25, 0.3) is 0 Å². The molecule has 0 heterocycles. The van der Waals surface area contributed by atoms with Gasteiger partial charge in [0.25, 0.3) is 5.69 Å². The Bertz CT molecular complexity index is 373. The fourth-order valence-corrected chi connectivity index (χ4v) is 1.06. The predicted molar refractivity (Wildman–Crippen MR) is 50.4 cm³/mol. The molecule has 0 saturated heterocycles. The zero-order valence-corrected chi connectivity index (χ0v) is 7.66. The Hall–Kier alpha value is -1.95. The molecule has 6 heteroatoms. The van der Waals surface area contributed by atoms with E-state index in [0.29, 0.717) is 5.56 Å². The minimum Gasteiger partial charge on any atom is -0.479 e. The molecule has 0 spiro atoms. The number of nitrogens with zero attached hydrogens (tertiary/aromatic N) is 1. The first-order chi connectivity index (χ1) is 7.00. The van der Waals surface area contributed by atoms with Crippen LogP contribution in [-0.2, 0) is 11.2 Å². The number of rotatable bonds is 4.